The smallest absolute Gasteiger partial charge is 0.338 e. The minimum absolute atomic E-state index is 0.216. The van der Waals surface area contributed by atoms with Gasteiger partial charge in [0.25, 0.3) is 0 Å². The number of nitrogens with zero attached hydrogens (tertiary/aromatic N) is 3. The third-order valence-electron chi connectivity index (χ3n) is 5.88. The number of carbonyl (C=O) groups is 1. The second kappa shape index (κ2) is 7.27. The molecule has 2 aromatic heterocycles. The summed E-state index contributed by atoms with van der Waals surface area (Å²) in [6.45, 7) is 3.38. The second-order valence-corrected chi connectivity index (χ2v) is 8.82. The van der Waals surface area contributed by atoms with Crippen molar-refractivity contribution in [2.45, 2.75) is 49.9 Å². The van der Waals surface area contributed by atoms with Crippen molar-refractivity contribution in [3.05, 3.63) is 59.6 Å². The van der Waals surface area contributed by atoms with Crippen molar-refractivity contribution in [2.24, 2.45) is 0 Å². The summed E-state index contributed by atoms with van der Waals surface area (Å²) >= 11 is 6.21. The number of carbonyl (C=O) groups excluding carboxylic acids is 1. The molecular weight excluding hydrogens is 422 g/mol. The largest absolute Gasteiger partial charge is 0.459 e. The first-order valence-electron chi connectivity index (χ1n) is 10.0. The highest BCUT2D eigenvalue weighted by atomic mass is 35.5. The first-order chi connectivity index (χ1) is 14.8. The van der Waals surface area contributed by atoms with Crippen molar-refractivity contribution in [3.63, 3.8) is 0 Å². The molecule has 3 heterocycles. The van der Waals surface area contributed by atoms with Crippen LogP contribution in [0.3, 0.4) is 0 Å². The Morgan fingerprint density at radius 1 is 1.26 bits per heavy atom. The summed E-state index contributed by atoms with van der Waals surface area (Å²) < 4.78 is 19.6. The van der Waals surface area contributed by atoms with Gasteiger partial charge in [0.1, 0.15) is 41.5 Å². The molecule has 1 saturated carbocycles. The second-order valence-electron chi connectivity index (χ2n) is 8.46. The highest BCUT2D eigenvalue weighted by Gasteiger charge is 2.62. The number of esters is 1. The van der Waals surface area contributed by atoms with Gasteiger partial charge in [-0.25, -0.2) is 14.8 Å². The molecule has 2 fully saturated rings. The molecule has 1 saturated heterocycles. The van der Waals surface area contributed by atoms with Crippen LogP contribution in [-0.4, -0.2) is 55.8 Å². The van der Waals surface area contributed by atoms with Gasteiger partial charge in [0, 0.05) is 12.6 Å². The van der Waals surface area contributed by atoms with E-state index >= 15 is 0 Å². The molecular formula is C22H22ClN3O5. The van der Waals surface area contributed by atoms with Crippen LogP contribution in [0.25, 0.3) is 11.0 Å². The van der Waals surface area contributed by atoms with Gasteiger partial charge >= 0.3 is 5.97 Å². The Balaban J connectivity index is 1.45. The lowest BCUT2D eigenvalue weighted by atomic mass is 10.0. The molecule has 4 atom stereocenters. The fourth-order valence-corrected chi connectivity index (χ4v) is 4.72. The number of fused-ring (bicyclic) bond motifs is 2. The normalized spacial score (nSPS) is 29.2. The molecule has 2 aliphatic rings. The molecule has 1 aliphatic carbocycles. The van der Waals surface area contributed by atoms with E-state index in [4.69, 9.17) is 25.8 Å². The van der Waals surface area contributed by atoms with Crippen molar-refractivity contribution in [1.29, 1.82) is 0 Å². The number of benzene rings is 1. The highest BCUT2D eigenvalue weighted by Crippen LogP contribution is 2.49. The van der Waals surface area contributed by atoms with Crippen LogP contribution in [0.1, 0.15) is 36.7 Å². The van der Waals surface area contributed by atoms with Gasteiger partial charge in [-0.05, 0) is 32.0 Å². The fourth-order valence-electron chi connectivity index (χ4n) is 4.53. The summed E-state index contributed by atoms with van der Waals surface area (Å²) in [5.41, 5.74) is -0.368. The van der Waals surface area contributed by atoms with Gasteiger partial charge in [0.2, 0.25) is 0 Å². The van der Waals surface area contributed by atoms with Gasteiger partial charge in [-0.3, -0.25) is 0 Å². The van der Waals surface area contributed by atoms with Gasteiger partial charge in [-0.15, -0.1) is 0 Å². The van der Waals surface area contributed by atoms with E-state index in [-0.39, 0.29) is 19.1 Å². The van der Waals surface area contributed by atoms with Crippen LogP contribution in [-0.2, 0) is 14.2 Å². The number of ether oxygens (including phenoxy) is 3. The van der Waals surface area contributed by atoms with Crippen molar-refractivity contribution < 1.29 is 24.1 Å². The molecule has 1 N–H and O–H groups in total. The molecule has 1 aliphatic heterocycles. The highest BCUT2D eigenvalue weighted by molar-refractivity contribution is 6.33. The zero-order valence-electron chi connectivity index (χ0n) is 17.1. The summed E-state index contributed by atoms with van der Waals surface area (Å²) in [4.78, 5) is 20.8. The van der Waals surface area contributed by atoms with Gasteiger partial charge in [-0.2, -0.15) is 0 Å². The minimum atomic E-state index is -1.43. The molecule has 31 heavy (non-hydrogen) atoms. The van der Waals surface area contributed by atoms with Gasteiger partial charge in [0.05, 0.1) is 17.0 Å². The van der Waals surface area contributed by atoms with Crippen LogP contribution in [0.5, 0.6) is 0 Å². The average Bonchev–Trinajstić information content (AvgIpc) is 3.39. The van der Waals surface area contributed by atoms with E-state index in [0.29, 0.717) is 21.7 Å². The molecule has 1 aromatic carbocycles. The molecule has 3 aromatic rings. The fraction of sp³-hybridized carbons (Fsp3) is 0.409. The predicted octanol–water partition coefficient (Wildman–Crippen LogP) is 3.14. The van der Waals surface area contributed by atoms with Crippen molar-refractivity contribution >= 4 is 28.6 Å². The summed E-state index contributed by atoms with van der Waals surface area (Å²) in [5, 5.41) is 12.6. The number of rotatable bonds is 4. The molecule has 0 spiro atoms. The van der Waals surface area contributed by atoms with Gasteiger partial charge in [-0.1, -0.05) is 29.8 Å². The summed E-state index contributed by atoms with van der Waals surface area (Å²) in [7, 11) is 0. The van der Waals surface area contributed by atoms with E-state index in [1.54, 1.807) is 38.1 Å². The third kappa shape index (κ3) is 3.49. The molecule has 0 unspecified atom stereocenters. The minimum Gasteiger partial charge on any atom is -0.459 e. The van der Waals surface area contributed by atoms with Crippen LogP contribution in [0.2, 0.25) is 5.15 Å². The molecule has 9 heteroatoms. The maximum absolute atomic E-state index is 12.4. The van der Waals surface area contributed by atoms with Gasteiger partial charge < -0.3 is 23.9 Å². The van der Waals surface area contributed by atoms with Crippen molar-refractivity contribution in [1.82, 2.24) is 14.5 Å². The lowest BCUT2D eigenvalue weighted by Crippen LogP contribution is -2.46. The summed E-state index contributed by atoms with van der Waals surface area (Å²) in [5.74, 6) is -1.39. The van der Waals surface area contributed by atoms with Crippen LogP contribution in [0.15, 0.2) is 48.9 Å². The topological polar surface area (TPSA) is 95.7 Å². The monoisotopic (exact) mass is 443 g/mol. The Morgan fingerprint density at radius 3 is 2.81 bits per heavy atom. The number of hydrogen-bond acceptors (Lipinski definition) is 7. The Hall–Kier alpha value is -2.52. The van der Waals surface area contributed by atoms with E-state index in [1.807, 2.05) is 22.9 Å². The van der Waals surface area contributed by atoms with Crippen molar-refractivity contribution in [3.8, 4) is 0 Å². The van der Waals surface area contributed by atoms with Crippen molar-refractivity contribution in [2.75, 3.05) is 6.61 Å². The standard InChI is InChI=1S/C22H22ClN3O5/c1-21(2)30-16-15(26-9-8-14-18(23)24-12-25-19(14)26)10-22(28,17(16)31-21)11-29-20(27)13-6-4-3-5-7-13/h3-9,12,15-17,28H,10-11H2,1-2H3/t15-,16+,17+,22-/m1/s1. The lowest BCUT2D eigenvalue weighted by Gasteiger charge is -2.30. The number of aliphatic hydroxyl groups is 1. The molecule has 8 nitrogen and oxygen atoms in total. The van der Waals surface area contributed by atoms with Crippen LogP contribution in [0, 0.1) is 0 Å². The Kier molecular flexibility index (Phi) is 4.78. The molecule has 162 valence electrons. The lowest BCUT2D eigenvalue weighted by molar-refractivity contribution is -0.187. The van der Waals surface area contributed by atoms with Gasteiger partial charge in [0.15, 0.2) is 5.79 Å². The quantitative estimate of drug-likeness (QED) is 0.488. The van der Waals surface area contributed by atoms with Crippen LogP contribution >= 0.6 is 11.6 Å². The first-order valence-corrected chi connectivity index (χ1v) is 10.4. The zero-order valence-corrected chi connectivity index (χ0v) is 17.8. The first kappa shape index (κ1) is 20.4. The Labute approximate surface area is 183 Å². The predicted molar refractivity (Wildman–Crippen MR) is 112 cm³/mol. The molecule has 5 rings (SSSR count). The zero-order chi connectivity index (χ0) is 21.8. The van der Waals surface area contributed by atoms with Crippen LogP contribution < -0.4 is 0 Å². The number of halogens is 1. The molecule has 0 radical (unpaired) electrons. The Morgan fingerprint density at radius 2 is 2.03 bits per heavy atom. The average molecular weight is 444 g/mol. The molecule has 0 bridgehead atoms. The number of hydrogen-bond donors (Lipinski definition) is 1. The summed E-state index contributed by atoms with van der Waals surface area (Å²) in [6, 6.07) is 10.2. The maximum Gasteiger partial charge on any atom is 0.338 e. The number of aromatic nitrogens is 3. The third-order valence-corrected chi connectivity index (χ3v) is 6.18. The SMILES string of the molecule is CC1(C)O[C@H]2[C@H](n3ccc4c(Cl)ncnc43)C[C@@](O)(COC(=O)c3ccccc3)[C@H]2O1. The van der Waals surface area contributed by atoms with E-state index < -0.39 is 29.6 Å². The van der Waals surface area contributed by atoms with E-state index in [0.717, 1.165) is 0 Å². The van der Waals surface area contributed by atoms with E-state index in [9.17, 15) is 9.90 Å². The Bertz CT molecular complexity index is 1130. The van der Waals surface area contributed by atoms with E-state index in [1.165, 1.54) is 6.33 Å². The summed E-state index contributed by atoms with van der Waals surface area (Å²) in [6.07, 6.45) is 2.37. The maximum atomic E-state index is 12.4. The molecule has 0 amide bonds. The van der Waals surface area contributed by atoms with Crippen LogP contribution in [0.4, 0.5) is 0 Å². The van der Waals surface area contributed by atoms with E-state index in [2.05, 4.69) is 9.97 Å².